The number of aryl methyl sites for hydroxylation is 2. The van der Waals surface area contributed by atoms with Gasteiger partial charge in [0.05, 0.1) is 11.4 Å². The Labute approximate surface area is 205 Å². The number of halogens is 1. The maximum absolute atomic E-state index is 9.52. The van der Waals surface area contributed by atoms with Crippen molar-refractivity contribution in [1.82, 2.24) is 9.78 Å². The largest absolute Gasteiger partial charge is 0.382 e. The lowest BCUT2D eigenvalue weighted by Crippen LogP contribution is -2.24. The van der Waals surface area contributed by atoms with Crippen LogP contribution in [-0.2, 0) is 19.3 Å². The van der Waals surface area contributed by atoms with E-state index in [-0.39, 0.29) is 24.0 Å². The number of nitrogens with zero attached hydrogens (tertiary/aromatic N) is 4. The van der Waals surface area contributed by atoms with Gasteiger partial charge in [0.25, 0.3) is 0 Å². The molecule has 2 aromatic carbocycles. The van der Waals surface area contributed by atoms with Crippen molar-refractivity contribution >= 4 is 41.4 Å². The van der Waals surface area contributed by atoms with E-state index in [0.717, 1.165) is 30.6 Å². The highest BCUT2D eigenvalue weighted by Gasteiger charge is 2.16. The predicted octanol–water partition coefficient (Wildman–Crippen LogP) is 4.18. The number of benzene rings is 2. The molecule has 1 aromatic heterocycles. The summed E-state index contributed by atoms with van der Waals surface area (Å²) in [7, 11) is 0. The molecule has 4 rings (SSSR count). The minimum atomic E-state index is 0. The topological polar surface area (TPSA) is 118 Å². The van der Waals surface area contributed by atoms with E-state index in [1.54, 1.807) is 4.68 Å². The van der Waals surface area contributed by atoms with Crippen molar-refractivity contribution in [1.29, 1.82) is 5.26 Å². The molecule has 0 saturated heterocycles. The third-order valence-electron chi connectivity index (χ3n) is 5.62. The SMILES string of the molecule is I.N#Cc1c(CCCN=C(N)Nc2cccc3c2CCCC3)nn(-c2ccccc2)c1N. The highest BCUT2D eigenvalue weighted by Crippen LogP contribution is 2.27. The number of hydrogen-bond acceptors (Lipinski definition) is 4. The van der Waals surface area contributed by atoms with Crippen molar-refractivity contribution in [3.8, 4) is 11.8 Å². The van der Waals surface area contributed by atoms with Gasteiger partial charge in [-0.15, -0.1) is 24.0 Å². The molecule has 0 amide bonds. The van der Waals surface area contributed by atoms with Gasteiger partial charge in [-0.2, -0.15) is 10.4 Å². The Morgan fingerprint density at radius 3 is 2.69 bits per heavy atom. The van der Waals surface area contributed by atoms with E-state index < -0.39 is 0 Å². The van der Waals surface area contributed by atoms with E-state index in [1.165, 1.54) is 24.0 Å². The fraction of sp³-hybridized carbons (Fsp3) is 0.292. The summed E-state index contributed by atoms with van der Waals surface area (Å²) in [6, 6.07) is 18.1. The first-order valence-electron chi connectivity index (χ1n) is 10.7. The molecule has 0 unspecified atom stereocenters. The zero-order valence-corrected chi connectivity index (χ0v) is 20.3. The van der Waals surface area contributed by atoms with Gasteiger partial charge in [-0.1, -0.05) is 30.3 Å². The Hall–Kier alpha value is -3.06. The second-order valence-corrected chi connectivity index (χ2v) is 7.71. The molecule has 7 nitrogen and oxygen atoms in total. The summed E-state index contributed by atoms with van der Waals surface area (Å²) in [5, 5.41) is 17.3. The van der Waals surface area contributed by atoms with Crippen LogP contribution < -0.4 is 16.8 Å². The summed E-state index contributed by atoms with van der Waals surface area (Å²) in [5.74, 6) is 0.774. The third-order valence-corrected chi connectivity index (χ3v) is 5.62. The first-order valence-corrected chi connectivity index (χ1v) is 10.7. The van der Waals surface area contributed by atoms with Crippen LogP contribution in [0.1, 0.15) is 41.6 Å². The van der Waals surface area contributed by atoms with Crippen LogP contribution >= 0.6 is 24.0 Å². The number of fused-ring (bicyclic) bond motifs is 1. The predicted molar refractivity (Wildman–Crippen MR) is 140 cm³/mol. The van der Waals surface area contributed by atoms with Crippen molar-refractivity contribution in [3.63, 3.8) is 0 Å². The van der Waals surface area contributed by atoms with E-state index in [2.05, 4.69) is 39.7 Å². The van der Waals surface area contributed by atoms with Crippen molar-refractivity contribution in [2.45, 2.75) is 38.5 Å². The number of nitrogens with one attached hydrogen (secondary N) is 1. The smallest absolute Gasteiger partial charge is 0.193 e. The maximum atomic E-state index is 9.52. The molecular formula is C24H28IN7. The molecule has 5 N–H and O–H groups in total. The number of para-hydroxylation sites is 1. The summed E-state index contributed by atoms with van der Waals surface area (Å²) in [6.07, 6.45) is 5.98. The normalized spacial score (nSPS) is 13.0. The van der Waals surface area contributed by atoms with Crippen LogP contribution in [0, 0.1) is 11.3 Å². The molecule has 0 radical (unpaired) electrons. The number of nitrogen functional groups attached to an aromatic ring is 1. The van der Waals surface area contributed by atoms with Crippen molar-refractivity contribution in [2.75, 3.05) is 17.6 Å². The van der Waals surface area contributed by atoms with Gasteiger partial charge in [-0.05, 0) is 67.9 Å². The molecule has 0 spiro atoms. The number of anilines is 2. The van der Waals surface area contributed by atoms with Crippen LogP contribution in [0.4, 0.5) is 11.5 Å². The molecule has 1 heterocycles. The molecule has 32 heavy (non-hydrogen) atoms. The minimum Gasteiger partial charge on any atom is -0.382 e. The Bertz CT molecular complexity index is 1130. The van der Waals surface area contributed by atoms with Crippen LogP contribution in [0.2, 0.25) is 0 Å². The summed E-state index contributed by atoms with van der Waals surface area (Å²) < 4.78 is 1.62. The second-order valence-electron chi connectivity index (χ2n) is 7.71. The highest BCUT2D eigenvalue weighted by atomic mass is 127. The summed E-state index contributed by atoms with van der Waals surface area (Å²) in [5.41, 5.74) is 18.0. The van der Waals surface area contributed by atoms with Crippen molar-refractivity contribution in [2.24, 2.45) is 10.7 Å². The fourth-order valence-corrected chi connectivity index (χ4v) is 4.06. The molecule has 8 heteroatoms. The van der Waals surface area contributed by atoms with Crippen molar-refractivity contribution in [3.05, 3.63) is 70.9 Å². The zero-order valence-electron chi connectivity index (χ0n) is 17.9. The van der Waals surface area contributed by atoms with Crippen LogP contribution in [0.15, 0.2) is 53.5 Å². The number of hydrogen-bond donors (Lipinski definition) is 3. The number of aromatic nitrogens is 2. The molecule has 1 aliphatic rings. The van der Waals surface area contributed by atoms with Gasteiger partial charge in [0, 0.05) is 12.2 Å². The van der Waals surface area contributed by atoms with Gasteiger partial charge in [0.15, 0.2) is 5.96 Å². The van der Waals surface area contributed by atoms with E-state index >= 15 is 0 Å². The van der Waals surface area contributed by atoms with Gasteiger partial charge in [-0.3, -0.25) is 4.99 Å². The quantitative estimate of drug-likeness (QED) is 0.187. The summed E-state index contributed by atoms with van der Waals surface area (Å²) in [4.78, 5) is 4.46. The number of rotatable bonds is 6. The lowest BCUT2D eigenvalue weighted by molar-refractivity contribution is 0.687. The second kappa shape index (κ2) is 11.0. The number of aliphatic imine (C=N–C) groups is 1. The minimum absolute atomic E-state index is 0. The molecule has 0 atom stereocenters. The summed E-state index contributed by atoms with van der Waals surface area (Å²) in [6.45, 7) is 0.539. The molecule has 0 aliphatic heterocycles. The Morgan fingerprint density at radius 1 is 1.12 bits per heavy atom. The van der Waals surface area contributed by atoms with E-state index in [4.69, 9.17) is 11.5 Å². The van der Waals surface area contributed by atoms with Crippen LogP contribution in [0.3, 0.4) is 0 Å². The lowest BCUT2D eigenvalue weighted by atomic mass is 9.90. The molecule has 0 bridgehead atoms. The van der Waals surface area contributed by atoms with Gasteiger partial charge in [-0.25, -0.2) is 4.68 Å². The van der Waals surface area contributed by atoms with E-state index in [1.807, 2.05) is 30.3 Å². The molecule has 0 saturated carbocycles. The van der Waals surface area contributed by atoms with Gasteiger partial charge >= 0.3 is 0 Å². The maximum Gasteiger partial charge on any atom is 0.193 e. The van der Waals surface area contributed by atoms with E-state index in [0.29, 0.717) is 36.0 Å². The molecular weight excluding hydrogens is 513 g/mol. The molecule has 3 aromatic rings. The Balaban J connectivity index is 0.00000289. The monoisotopic (exact) mass is 541 g/mol. The van der Waals surface area contributed by atoms with Crippen LogP contribution in [0.25, 0.3) is 5.69 Å². The molecule has 166 valence electrons. The Kier molecular flexibility index (Phi) is 8.11. The number of nitriles is 1. The van der Waals surface area contributed by atoms with Gasteiger partial charge in [0.2, 0.25) is 0 Å². The Morgan fingerprint density at radius 2 is 1.91 bits per heavy atom. The lowest BCUT2D eigenvalue weighted by Gasteiger charge is -2.19. The zero-order chi connectivity index (χ0) is 21.6. The average Bonchev–Trinajstić information content (AvgIpc) is 3.12. The first kappa shape index (κ1) is 23.6. The van der Waals surface area contributed by atoms with Crippen LogP contribution in [-0.4, -0.2) is 22.3 Å². The standard InChI is InChI=1S/C24H27N7.HI/c25-16-20-22(30-31(23(20)26)18-10-2-1-3-11-18)14-7-15-28-24(27)29-21-13-6-9-17-8-4-5-12-19(17)21;/h1-3,6,9-11,13H,4-5,7-8,12,14-15,26H2,(H3,27,28,29);1H. The number of guanidine groups is 1. The van der Waals surface area contributed by atoms with Crippen LogP contribution in [0.5, 0.6) is 0 Å². The average molecular weight is 541 g/mol. The number of nitrogens with two attached hydrogens (primary N) is 2. The van der Waals surface area contributed by atoms with Gasteiger partial charge < -0.3 is 16.8 Å². The molecule has 0 fully saturated rings. The third kappa shape index (κ3) is 5.22. The van der Waals surface area contributed by atoms with Gasteiger partial charge in [0.1, 0.15) is 17.5 Å². The summed E-state index contributed by atoms with van der Waals surface area (Å²) >= 11 is 0. The van der Waals surface area contributed by atoms with E-state index in [9.17, 15) is 5.26 Å². The first-order chi connectivity index (χ1) is 15.2. The highest BCUT2D eigenvalue weighted by molar-refractivity contribution is 14.0. The molecule has 1 aliphatic carbocycles. The fourth-order valence-electron chi connectivity index (χ4n) is 4.06. The van der Waals surface area contributed by atoms with Crippen molar-refractivity contribution < 1.29 is 0 Å².